The fraction of sp³-hybridized carbons (Fsp3) is 0.786. The van der Waals surface area contributed by atoms with Gasteiger partial charge in [-0.3, -0.25) is 4.68 Å². The van der Waals surface area contributed by atoms with Gasteiger partial charge in [0.15, 0.2) is 0 Å². The Morgan fingerprint density at radius 1 is 1.11 bits per heavy atom. The van der Waals surface area contributed by atoms with Crippen molar-refractivity contribution in [2.45, 2.75) is 72.1 Å². The molecule has 5 heteroatoms. The lowest BCUT2D eigenvalue weighted by Gasteiger charge is -2.32. The van der Waals surface area contributed by atoms with E-state index in [-0.39, 0.29) is 23.9 Å². The zero-order chi connectivity index (χ0) is 14.6. The molecule has 0 radical (unpaired) electrons. The van der Waals surface area contributed by atoms with Crippen LogP contribution >= 0.6 is 0 Å². The van der Waals surface area contributed by atoms with E-state index in [0.717, 1.165) is 11.2 Å². The maximum atomic E-state index is 6.08. The Balaban J connectivity index is 2.34. The third kappa shape index (κ3) is 2.34. The molecule has 0 unspecified atom stereocenters. The molecule has 0 saturated carbocycles. The van der Waals surface area contributed by atoms with Gasteiger partial charge in [-0.15, -0.1) is 0 Å². The molecule has 19 heavy (non-hydrogen) atoms. The second-order valence-electron chi connectivity index (χ2n) is 7.36. The molecule has 1 aromatic rings. The molecule has 1 saturated heterocycles. The summed E-state index contributed by atoms with van der Waals surface area (Å²) in [5.74, 6) is 0. The first-order chi connectivity index (χ1) is 8.46. The molecule has 1 aromatic heterocycles. The first-order valence-electron chi connectivity index (χ1n) is 6.86. The monoisotopic (exact) mass is 264 g/mol. The number of aromatic nitrogens is 2. The number of rotatable bonds is 1. The highest BCUT2D eigenvalue weighted by atomic mass is 16.7. The van der Waals surface area contributed by atoms with Gasteiger partial charge < -0.3 is 9.31 Å². The van der Waals surface area contributed by atoms with E-state index in [4.69, 9.17) is 9.31 Å². The molecule has 1 aliphatic rings. The second kappa shape index (κ2) is 4.09. The number of hydrogen-bond acceptors (Lipinski definition) is 3. The van der Waals surface area contributed by atoms with Crippen LogP contribution in [0.1, 0.15) is 54.2 Å². The van der Waals surface area contributed by atoms with Crippen molar-refractivity contribution in [3.05, 3.63) is 11.9 Å². The smallest absolute Gasteiger partial charge is 0.399 e. The van der Waals surface area contributed by atoms with Crippen molar-refractivity contribution >= 4 is 12.6 Å². The van der Waals surface area contributed by atoms with Crippen LogP contribution in [0.5, 0.6) is 0 Å². The van der Waals surface area contributed by atoms with Gasteiger partial charge in [0.25, 0.3) is 0 Å². The maximum Gasteiger partial charge on any atom is 0.498 e. The fourth-order valence-electron chi connectivity index (χ4n) is 2.30. The van der Waals surface area contributed by atoms with Crippen LogP contribution in [0, 0.1) is 6.92 Å². The summed E-state index contributed by atoms with van der Waals surface area (Å²) in [6.07, 6.45) is 1.86. The first kappa shape index (κ1) is 14.6. The summed E-state index contributed by atoms with van der Waals surface area (Å²) in [4.78, 5) is 0. The molecule has 0 atom stereocenters. The van der Waals surface area contributed by atoms with Crippen LogP contribution in [-0.2, 0) is 14.8 Å². The van der Waals surface area contributed by atoms with E-state index >= 15 is 0 Å². The summed E-state index contributed by atoms with van der Waals surface area (Å²) in [6.45, 7) is 16.8. The lowest BCUT2D eigenvalue weighted by atomic mass is 9.79. The van der Waals surface area contributed by atoms with Gasteiger partial charge >= 0.3 is 7.12 Å². The van der Waals surface area contributed by atoms with Gasteiger partial charge in [-0.1, -0.05) is 0 Å². The number of nitrogens with zero attached hydrogens (tertiary/aromatic N) is 2. The third-order valence-corrected chi connectivity index (χ3v) is 4.19. The van der Waals surface area contributed by atoms with E-state index in [1.165, 1.54) is 0 Å². The quantitative estimate of drug-likeness (QED) is 0.730. The molecule has 0 amide bonds. The van der Waals surface area contributed by atoms with Crippen molar-refractivity contribution in [3.8, 4) is 0 Å². The first-order valence-corrected chi connectivity index (χ1v) is 6.86. The van der Waals surface area contributed by atoms with Gasteiger partial charge in [0, 0.05) is 17.4 Å². The maximum absolute atomic E-state index is 6.08. The Bertz CT molecular complexity index is 470. The van der Waals surface area contributed by atoms with Gasteiger partial charge in [-0.2, -0.15) is 5.10 Å². The summed E-state index contributed by atoms with van der Waals surface area (Å²) in [6, 6.07) is 0. The van der Waals surface area contributed by atoms with Gasteiger partial charge in [0.2, 0.25) is 0 Å². The van der Waals surface area contributed by atoms with Crippen LogP contribution in [-0.4, -0.2) is 28.1 Å². The van der Waals surface area contributed by atoms with Gasteiger partial charge in [-0.25, -0.2) is 0 Å². The predicted molar refractivity (Wildman–Crippen MR) is 77.7 cm³/mol. The van der Waals surface area contributed by atoms with Crippen LogP contribution in [0.15, 0.2) is 6.20 Å². The van der Waals surface area contributed by atoms with Crippen LogP contribution in [0.4, 0.5) is 0 Å². The van der Waals surface area contributed by atoms with Crippen LogP contribution in [0.3, 0.4) is 0 Å². The highest BCUT2D eigenvalue weighted by molar-refractivity contribution is 6.62. The topological polar surface area (TPSA) is 36.3 Å². The van der Waals surface area contributed by atoms with E-state index in [9.17, 15) is 0 Å². The molecule has 1 aliphatic heterocycles. The van der Waals surface area contributed by atoms with E-state index in [0.29, 0.717) is 0 Å². The Morgan fingerprint density at radius 2 is 1.58 bits per heavy atom. The van der Waals surface area contributed by atoms with Crippen molar-refractivity contribution in [2.75, 3.05) is 0 Å². The second-order valence-corrected chi connectivity index (χ2v) is 7.36. The normalized spacial score (nSPS) is 22.0. The molecule has 1 fully saturated rings. The van der Waals surface area contributed by atoms with Crippen LogP contribution in [0.25, 0.3) is 0 Å². The Labute approximate surface area is 116 Å². The van der Waals surface area contributed by atoms with Gasteiger partial charge in [0.1, 0.15) is 0 Å². The number of hydrogen-bond donors (Lipinski definition) is 0. The SMILES string of the molecule is Cc1c(B2OC(C)(C)C(C)(C)O2)cnn1C(C)(C)C. The average Bonchev–Trinajstić information content (AvgIpc) is 2.65. The predicted octanol–water partition coefficient (Wildman–Crippen LogP) is 2.25. The minimum atomic E-state index is -0.332. The highest BCUT2D eigenvalue weighted by Crippen LogP contribution is 2.36. The van der Waals surface area contributed by atoms with Crippen LogP contribution in [0.2, 0.25) is 0 Å². The molecule has 4 nitrogen and oxygen atoms in total. The van der Waals surface area contributed by atoms with E-state index < -0.39 is 0 Å². The molecular formula is C14H25BN2O2. The fourth-order valence-corrected chi connectivity index (χ4v) is 2.30. The van der Waals surface area contributed by atoms with Gasteiger partial charge in [-0.05, 0) is 55.4 Å². The van der Waals surface area contributed by atoms with Crippen molar-refractivity contribution in [1.82, 2.24) is 9.78 Å². The lowest BCUT2D eigenvalue weighted by molar-refractivity contribution is 0.00578. The van der Waals surface area contributed by atoms with Crippen LogP contribution < -0.4 is 5.46 Å². The summed E-state index contributed by atoms with van der Waals surface area (Å²) in [5, 5.41) is 4.48. The van der Waals surface area contributed by atoms with E-state index in [1.807, 2.05) is 10.9 Å². The van der Waals surface area contributed by atoms with Crippen molar-refractivity contribution in [1.29, 1.82) is 0 Å². The standard InChI is InChI=1S/C14H25BN2O2/c1-10-11(9-16-17(10)12(2,3)4)15-18-13(5,6)14(7,8)19-15/h9H,1-8H3. The molecule has 2 rings (SSSR count). The summed E-state index contributed by atoms with van der Waals surface area (Å²) < 4.78 is 14.2. The molecule has 0 spiro atoms. The van der Waals surface area contributed by atoms with E-state index in [1.54, 1.807) is 0 Å². The largest absolute Gasteiger partial charge is 0.498 e. The Hall–Kier alpha value is -0.805. The summed E-state index contributed by atoms with van der Waals surface area (Å²) >= 11 is 0. The third-order valence-electron chi connectivity index (χ3n) is 4.19. The van der Waals surface area contributed by atoms with Crippen molar-refractivity contribution < 1.29 is 9.31 Å². The zero-order valence-corrected chi connectivity index (χ0v) is 13.4. The summed E-state index contributed by atoms with van der Waals surface area (Å²) in [5.41, 5.74) is 1.47. The highest BCUT2D eigenvalue weighted by Gasteiger charge is 2.52. The minimum absolute atomic E-state index is 0.0357. The van der Waals surface area contributed by atoms with Crippen molar-refractivity contribution in [3.63, 3.8) is 0 Å². The summed E-state index contributed by atoms with van der Waals surface area (Å²) in [7, 11) is -0.332. The van der Waals surface area contributed by atoms with Crippen molar-refractivity contribution in [2.24, 2.45) is 0 Å². The van der Waals surface area contributed by atoms with Gasteiger partial charge in [0.05, 0.1) is 16.7 Å². The molecule has 0 aromatic carbocycles. The van der Waals surface area contributed by atoms with E-state index in [2.05, 4.69) is 60.5 Å². The molecule has 0 aliphatic carbocycles. The molecule has 106 valence electrons. The minimum Gasteiger partial charge on any atom is -0.399 e. The lowest BCUT2D eigenvalue weighted by Crippen LogP contribution is -2.41. The zero-order valence-electron chi connectivity index (χ0n) is 13.4. The Kier molecular flexibility index (Phi) is 3.15. The molecule has 2 heterocycles. The molecule has 0 bridgehead atoms. The average molecular weight is 264 g/mol. The molecular weight excluding hydrogens is 239 g/mol. The molecule has 0 N–H and O–H groups in total. The Morgan fingerprint density at radius 3 is 1.95 bits per heavy atom.